The van der Waals surface area contributed by atoms with Gasteiger partial charge in [-0.25, -0.2) is 4.98 Å². The molecular weight excluding hydrogens is 196 g/mol. The van der Waals surface area contributed by atoms with Crippen molar-refractivity contribution in [2.24, 2.45) is 0 Å². The van der Waals surface area contributed by atoms with E-state index >= 15 is 0 Å². The van der Waals surface area contributed by atoms with E-state index in [0.717, 1.165) is 10.2 Å². The highest BCUT2D eigenvalue weighted by molar-refractivity contribution is 7.20. The second kappa shape index (κ2) is 3.56. The average Bonchev–Trinajstić information content (AvgIpc) is 2.61. The maximum Gasteiger partial charge on any atom is 0.205 e. The van der Waals surface area contributed by atoms with Crippen molar-refractivity contribution in [3.05, 3.63) is 29.3 Å². The summed E-state index contributed by atoms with van der Waals surface area (Å²) < 4.78 is 0.980. The van der Waals surface area contributed by atoms with E-state index in [2.05, 4.69) is 4.98 Å². The molecule has 0 spiro atoms. The van der Waals surface area contributed by atoms with E-state index in [9.17, 15) is 4.79 Å². The van der Waals surface area contributed by atoms with Gasteiger partial charge in [0.05, 0.1) is 16.3 Å². The highest BCUT2D eigenvalue weighted by atomic mass is 32.1. The Morgan fingerprint density at radius 1 is 1.50 bits per heavy atom. The highest BCUT2D eigenvalue weighted by Crippen LogP contribution is 2.22. The molecule has 0 aliphatic carbocycles. The molecule has 0 atom stereocenters. The number of para-hydroxylation sites is 1. The molecule has 0 fully saturated rings. The molecule has 0 aliphatic heterocycles. The van der Waals surface area contributed by atoms with Gasteiger partial charge in [-0.15, -0.1) is 11.3 Å². The molecule has 1 aromatic carbocycles. The van der Waals surface area contributed by atoms with E-state index in [0.29, 0.717) is 5.01 Å². The maximum absolute atomic E-state index is 11.3. The number of nitriles is 1. The van der Waals surface area contributed by atoms with Crippen LogP contribution in [-0.4, -0.2) is 10.8 Å². The van der Waals surface area contributed by atoms with Gasteiger partial charge in [-0.2, -0.15) is 5.26 Å². The predicted octanol–water partition coefficient (Wildman–Crippen LogP) is 2.39. The first-order valence-electron chi connectivity index (χ1n) is 4.07. The van der Waals surface area contributed by atoms with Crippen LogP contribution in [0.2, 0.25) is 0 Å². The van der Waals surface area contributed by atoms with Gasteiger partial charge in [0.25, 0.3) is 0 Å². The molecule has 0 saturated heterocycles. The van der Waals surface area contributed by atoms with Crippen LogP contribution in [-0.2, 0) is 0 Å². The summed E-state index contributed by atoms with van der Waals surface area (Å²) in [5.74, 6) is -0.200. The lowest BCUT2D eigenvalue weighted by atomic mass is 10.3. The summed E-state index contributed by atoms with van der Waals surface area (Å²) in [5, 5.41) is 8.80. The number of nitrogens with zero attached hydrogens (tertiary/aromatic N) is 2. The van der Waals surface area contributed by atoms with Crippen molar-refractivity contribution in [3.63, 3.8) is 0 Å². The van der Waals surface area contributed by atoms with E-state index < -0.39 is 0 Å². The topological polar surface area (TPSA) is 53.8 Å². The van der Waals surface area contributed by atoms with E-state index in [1.807, 2.05) is 30.3 Å². The molecule has 0 saturated carbocycles. The number of carbonyl (C=O) groups excluding carboxylic acids is 1. The molecular formula is C10H6N2OS. The van der Waals surface area contributed by atoms with Gasteiger partial charge in [0.1, 0.15) is 6.42 Å². The Bertz CT molecular complexity index is 491. The summed E-state index contributed by atoms with van der Waals surface area (Å²) >= 11 is 1.33. The molecule has 0 N–H and O–H groups in total. The van der Waals surface area contributed by atoms with E-state index in [1.165, 1.54) is 11.3 Å². The van der Waals surface area contributed by atoms with Gasteiger partial charge >= 0.3 is 0 Å². The number of ketones is 1. The van der Waals surface area contributed by atoms with Crippen molar-refractivity contribution >= 4 is 27.3 Å². The fraction of sp³-hybridized carbons (Fsp3) is 0.100. The van der Waals surface area contributed by atoms with Crippen molar-refractivity contribution in [1.82, 2.24) is 4.98 Å². The van der Waals surface area contributed by atoms with Gasteiger partial charge in [0.2, 0.25) is 5.78 Å². The number of carbonyl (C=O) groups is 1. The molecule has 0 bridgehead atoms. The number of hydrogen-bond acceptors (Lipinski definition) is 4. The van der Waals surface area contributed by atoms with Gasteiger partial charge in [-0.05, 0) is 12.1 Å². The first kappa shape index (κ1) is 8.85. The molecule has 14 heavy (non-hydrogen) atoms. The number of fused-ring (bicyclic) bond motifs is 1. The Hall–Kier alpha value is -1.73. The molecule has 0 unspecified atom stereocenters. The lowest BCUT2D eigenvalue weighted by Crippen LogP contribution is -1.95. The van der Waals surface area contributed by atoms with Crippen LogP contribution in [0.25, 0.3) is 10.2 Å². The van der Waals surface area contributed by atoms with Crippen molar-refractivity contribution in [2.45, 2.75) is 6.42 Å². The number of Topliss-reactive ketones (excluding diaryl/α,β-unsaturated/α-hetero) is 1. The van der Waals surface area contributed by atoms with Crippen molar-refractivity contribution in [3.8, 4) is 6.07 Å². The molecule has 0 aliphatic rings. The van der Waals surface area contributed by atoms with Crippen LogP contribution >= 0.6 is 11.3 Å². The minimum Gasteiger partial charge on any atom is -0.290 e. The second-order valence-corrected chi connectivity index (χ2v) is 3.78. The van der Waals surface area contributed by atoms with Crippen LogP contribution in [0.4, 0.5) is 0 Å². The Morgan fingerprint density at radius 3 is 3.00 bits per heavy atom. The number of benzene rings is 1. The summed E-state index contributed by atoms with van der Waals surface area (Å²) in [6, 6.07) is 9.37. The first-order valence-corrected chi connectivity index (χ1v) is 4.88. The zero-order valence-electron chi connectivity index (χ0n) is 7.23. The number of thiazole rings is 1. The lowest BCUT2D eigenvalue weighted by Gasteiger charge is -1.84. The smallest absolute Gasteiger partial charge is 0.205 e. The monoisotopic (exact) mass is 202 g/mol. The van der Waals surface area contributed by atoms with E-state index in [-0.39, 0.29) is 12.2 Å². The zero-order chi connectivity index (χ0) is 9.97. The largest absolute Gasteiger partial charge is 0.290 e. The van der Waals surface area contributed by atoms with E-state index in [1.54, 1.807) is 0 Å². The van der Waals surface area contributed by atoms with Crippen LogP contribution in [0.15, 0.2) is 24.3 Å². The van der Waals surface area contributed by atoms with Crippen molar-refractivity contribution in [1.29, 1.82) is 5.26 Å². The quantitative estimate of drug-likeness (QED) is 0.702. The second-order valence-electron chi connectivity index (χ2n) is 2.74. The summed E-state index contributed by atoms with van der Waals surface area (Å²) in [6.45, 7) is 0. The van der Waals surface area contributed by atoms with Gasteiger partial charge in [-0.3, -0.25) is 4.79 Å². The van der Waals surface area contributed by atoms with Gasteiger partial charge < -0.3 is 0 Å². The molecule has 3 nitrogen and oxygen atoms in total. The Kier molecular flexibility index (Phi) is 2.25. The van der Waals surface area contributed by atoms with E-state index in [4.69, 9.17) is 5.26 Å². The molecule has 4 heteroatoms. The SMILES string of the molecule is N#CCC(=O)c1nc2ccccc2s1. The highest BCUT2D eigenvalue weighted by Gasteiger charge is 2.10. The Morgan fingerprint density at radius 2 is 2.29 bits per heavy atom. The fourth-order valence-corrected chi connectivity index (χ4v) is 2.04. The van der Waals surface area contributed by atoms with Crippen LogP contribution in [0, 0.1) is 11.3 Å². The fourth-order valence-electron chi connectivity index (χ4n) is 1.14. The van der Waals surface area contributed by atoms with Crippen LogP contribution in [0.1, 0.15) is 16.2 Å². The summed E-state index contributed by atoms with van der Waals surface area (Å²) in [4.78, 5) is 15.5. The normalized spacial score (nSPS) is 9.93. The third-order valence-electron chi connectivity index (χ3n) is 1.77. The molecule has 2 aromatic rings. The summed E-state index contributed by atoms with van der Waals surface area (Å²) in [7, 11) is 0. The minimum atomic E-state index is -0.200. The zero-order valence-corrected chi connectivity index (χ0v) is 8.04. The van der Waals surface area contributed by atoms with Gasteiger partial charge in [0.15, 0.2) is 5.01 Å². The van der Waals surface area contributed by atoms with Crippen LogP contribution in [0.3, 0.4) is 0 Å². The first-order chi connectivity index (χ1) is 6.81. The molecule has 1 aromatic heterocycles. The molecule has 1 heterocycles. The average molecular weight is 202 g/mol. The summed E-state index contributed by atoms with van der Waals surface area (Å²) in [6.07, 6.45) is -0.0974. The third-order valence-corrected chi connectivity index (χ3v) is 2.85. The van der Waals surface area contributed by atoms with Crippen molar-refractivity contribution < 1.29 is 4.79 Å². The standard InChI is InChI=1S/C10H6N2OS/c11-6-5-8(13)10-12-7-3-1-2-4-9(7)14-10/h1-4H,5H2. The maximum atomic E-state index is 11.3. The molecule has 0 radical (unpaired) electrons. The molecule has 0 amide bonds. The minimum absolute atomic E-state index is 0.0974. The lowest BCUT2D eigenvalue weighted by molar-refractivity contribution is 0.0997. The van der Waals surface area contributed by atoms with Crippen LogP contribution < -0.4 is 0 Å². The van der Waals surface area contributed by atoms with Gasteiger partial charge in [-0.1, -0.05) is 12.1 Å². The predicted molar refractivity (Wildman–Crippen MR) is 54.2 cm³/mol. The Balaban J connectivity index is 2.46. The number of hydrogen-bond donors (Lipinski definition) is 0. The van der Waals surface area contributed by atoms with Crippen LogP contribution in [0.5, 0.6) is 0 Å². The van der Waals surface area contributed by atoms with Gasteiger partial charge in [0, 0.05) is 0 Å². The Labute approximate surface area is 84.6 Å². The van der Waals surface area contributed by atoms with Crippen molar-refractivity contribution in [2.75, 3.05) is 0 Å². The summed E-state index contributed by atoms with van der Waals surface area (Å²) in [5.41, 5.74) is 0.818. The number of rotatable bonds is 2. The third kappa shape index (κ3) is 1.50. The number of aromatic nitrogens is 1. The molecule has 2 rings (SSSR count). The molecule has 68 valence electrons.